The van der Waals surface area contributed by atoms with Crippen molar-refractivity contribution in [2.45, 2.75) is 50.4 Å². The van der Waals surface area contributed by atoms with Crippen LogP contribution in [0.2, 0.25) is 0 Å². The number of hydrogen-bond donors (Lipinski definition) is 1. The Hall–Kier alpha value is -0.670. The van der Waals surface area contributed by atoms with E-state index in [4.69, 9.17) is 4.74 Å². The zero-order valence-corrected chi connectivity index (χ0v) is 12.8. The molecule has 1 aliphatic carbocycles. The first-order valence-corrected chi connectivity index (χ1v) is 8.60. The van der Waals surface area contributed by atoms with Crippen molar-refractivity contribution < 1.29 is 4.74 Å². The van der Waals surface area contributed by atoms with Crippen LogP contribution in [0.3, 0.4) is 0 Å². The van der Waals surface area contributed by atoms with Crippen molar-refractivity contribution in [2.75, 3.05) is 12.9 Å². The van der Waals surface area contributed by atoms with Gasteiger partial charge in [0.1, 0.15) is 5.75 Å². The molecule has 0 radical (unpaired) electrons. The molecule has 0 aromatic heterocycles. The van der Waals surface area contributed by atoms with E-state index in [1.54, 1.807) is 0 Å². The SMILES string of the molecule is CCCOc1cccc(CNC2CCCC2SC)c1. The molecule has 1 N–H and O–H groups in total. The lowest BCUT2D eigenvalue weighted by Crippen LogP contribution is -2.33. The van der Waals surface area contributed by atoms with Crippen LogP contribution in [0.15, 0.2) is 24.3 Å². The second-order valence-electron chi connectivity index (χ2n) is 5.19. The summed E-state index contributed by atoms with van der Waals surface area (Å²) in [4.78, 5) is 0. The van der Waals surface area contributed by atoms with Crippen LogP contribution in [-0.4, -0.2) is 24.2 Å². The number of rotatable bonds is 7. The molecule has 2 nitrogen and oxygen atoms in total. The maximum atomic E-state index is 5.68. The molecule has 2 rings (SSSR count). The molecule has 0 amide bonds. The van der Waals surface area contributed by atoms with E-state index >= 15 is 0 Å². The molecule has 1 aliphatic rings. The van der Waals surface area contributed by atoms with Gasteiger partial charge >= 0.3 is 0 Å². The lowest BCUT2D eigenvalue weighted by molar-refractivity contribution is 0.317. The molecule has 1 saturated carbocycles. The molecule has 0 spiro atoms. The summed E-state index contributed by atoms with van der Waals surface area (Å²) >= 11 is 2.00. The van der Waals surface area contributed by atoms with E-state index in [-0.39, 0.29) is 0 Å². The number of hydrogen-bond acceptors (Lipinski definition) is 3. The third-order valence-electron chi connectivity index (χ3n) is 3.69. The van der Waals surface area contributed by atoms with Gasteiger partial charge in [-0.3, -0.25) is 0 Å². The summed E-state index contributed by atoms with van der Waals surface area (Å²) < 4.78 is 5.68. The van der Waals surface area contributed by atoms with Gasteiger partial charge in [0.15, 0.2) is 0 Å². The molecule has 0 saturated heterocycles. The minimum absolute atomic E-state index is 0.676. The number of ether oxygens (including phenoxy) is 1. The zero-order valence-electron chi connectivity index (χ0n) is 12.0. The highest BCUT2D eigenvalue weighted by Gasteiger charge is 2.25. The summed E-state index contributed by atoms with van der Waals surface area (Å²) in [5.41, 5.74) is 1.32. The summed E-state index contributed by atoms with van der Waals surface area (Å²) in [5, 5.41) is 4.50. The summed E-state index contributed by atoms with van der Waals surface area (Å²) in [6, 6.07) is 9.14. The Bertz CT molecular complexity index is 383. The van der Waals surface area contributed by atoms with Gasteiger partial charge in [0.2, 0.25) is 0 Å². The van der Waals surface area contributed by atoms with E-state index < -0.39 is 0 Å². The predicted molar refractivity (Wildman–Crippen MR) is 84.0 cm³/mol. The van der Waals surface area contributed by atoms with Crippen LogP contribution in [0.25, 0.3) is 0 Å². The maximum Gasteiger partial charge on any atom is 0.119 e. The molecule has 0 bridgehead atoms. The molecule has 3 heteroatoms. The first-order valence-electron chi connectivity index (χ1n) is 7.31. The zero-order chi connectivity index (χ0) is 13.5. The van der Waals surface area contributed by atoms with Gasteiger partial charge in [0.05, 0.1) is 6.61 Å². The molecule has 1 fully saturated rings. The van der Waals surface area contributed by atoms with Gasteiger partial charge in [0.25, 0.3) is 0 Å². The summed E-state index contributed by atoms with van der Waals surface area (Å²) in [7, 11) is 0. The predicted octanol–water partition coefficient (Wildman–Crippen LogP) is 3.85. The highest BCUT2D eigenvalue weighted by Crippen LogP contribution is 2.28. The Morgan fingerprint density at radius 3 is 3.05 bits per heavy atom. The van der Waals surface area contributed by atoms with Gasteiger partial charge in [-0.25, -0.2) is 0 Å². The lowest BCUT2D eigenvalue weighted by atomic mass is 10.2. The second kappa shape index (κ2) is 7.81. The van der Waals surface area contributed by atoms with Gasteiger partial charge in [-0.15, -0.1) is 0 Å². The van der Waals surface area contributed by atoms with Gasteiger partial charge in [0, 0.05) is 17.8 Å². The van der Waals surface area contributed by atoms with Crippen molar-refractivity contribution in [3.8, 4) is 5.75 Å². The lowest BCUT2D eigenvalue weighted by Gasteiger charge is -2.19. The summed E-state index contributed by atoms with van der Waals surface area (Å²) in [5.74, 6) is 0.994. The Morgan fingerprint density at radius 2 is 2.26 bits per heavy atom. The molecule has 106 valence electrons. The highest BCUT2D eigenvalue weighted by molar-refractivity contribution is 7.99. The minimum atomic E-state index is 0.676. The average molecular weight is 279 g/mol. The fourth-order valence-corrected chi connectivity index (χ4v) is 3.62. The van der Waals surface area contributed by atoms with Gasteiger partial charge < -0.3 is 10.1 Å². The first kappa shape index (κ1) is 14.7. The molecule has 1 aromatic rings. The topological polar surface area (TPSA) is 21.3 Å². The van der Waals surface area contributed by atoms with E-state index in [2.05, 4.69) is 36.7 Å². The first-order chi connectivity index (χ1) is 9.33. The fourth-order valence-electron chi connectivity index (χ4n) is 2.66. The molecule has 2 unspecified atom stereocenters. The second-order valence-corrected chi connectivity index (χ2v) is 6.27. The standard InChI is InChI=1S/C16H25NOS/c1-3-10-18-14-7-4-6-13(11-14)12-17-15-8-5-9-16(15)19-2/h4,6-7,11,15-17H,3,5,8-10,12H2,1-2H3. The van der Waals surface area contributed by atoms with Crippen molar-refractivity contribution in [1.29, 1.82) is 0 Å². The molecule has 19 heavy (non-hydrogen) atoms. The normalized spacial score (nSPS) is 22.6. The largest absolute Gasteiger partial charge is 0.494 e. The Balaban J connectivity index is 1.85. The fraction of sp³-hybridized carbons (Fsp3) is 0.625. The van der Waals surface area contributed by atoms with Crippen molar-refractivity contribution in [3.63, 3.8) is 0 Å². The van der Waals surface area contributed by atoms with Crippen LogP contribution in [0.5, 0.6) is 5.75 Å². The third-order valence-corrected chi connectivity index (χ3v) is 4.86. The van der Waals surface area contributed by atoms with Crippen LogP contribution >= 0.6 is 11.8 Å². The quantitative estimate of drug-likeness (QED) is 0.819. The molecular formula is C16H25NOS. The highest BCUT2D eigenvalue weighted by atomic mass is 32.2. The van der Waals surface area contributed by atoms with Gasteiger partial charge in [-0.05, 0) is 43.2 Å². The molecule has 1 aromatic carbocycles. The van der Waals surface area contributed by atoms with Crippen LogP contribution in [-0.2, 0) is 6.54 Å². The summed E-state index contributed by atoms with van der Waals surface area (Å²) in [6.45, 7) is 3.88. The average Bonchev–Trinajstić information content (AvgIpc) is 2.91. The van der Waals surface area contributed by atoms with Crippen molar-refractivity contribution >= 4 is 11.8 Å². The van der Waals surface area contributed by atoms with Crippen molar-refractivity contribution in [3.05, 3.63) is 29.8 Å². The van der Waals surface area contributed by atoms with E-state index in [0.717, 1.165) is 30.6 Å². The van der Waals surface area contributed by atoms with E-state index in [1.807, 2.05) is 17.8 Å². The van der Waals surface area contributed by atoms with E-state index in [0.29, 0.717) is 6.04 Å². The van der Waals surface area contributed by atoms with Crippen LogP contribution < -0.4 is 10.1 Å². The Morgan fingerprint density at radius 1 is 1.37 bits per heavy atom. The Labute approximate surface area is 121 Å². The summed E-state index contributed by atoms with van der Waals surface area (Å²) in [6.07, 6.45) is 7.32. The van der Waals surface area contributed by atoms with E-state index in [1.165, 1.54) is 24.8 Å². The van der Waals surface area contributed by atoms with Gasteiger partial charge in [-0.2, -0.15) is 11.8 Å². The van der Waals surface area contributed by atoms with Crippen LogP contribution in [0.1, 0.15) is 38.2 Å². The van der Waals surface area contributed by atoms with Crippen molar-refractivity contribution in [1.82, 2.24) is 5.32 Å². The van der Waals surface area contributed by atoms with Gasteiger partial charge in [-0.1, -0.05) is 25.5 Å². The smallest absolute Gasteiger partial charge is 0.119 e. The molecule has 0 aliphatic heterocycles. The molecular weight excluding hydrogens is 254 g/mol. The number of nitrogens with one attached hydrogen (secondary N) is 1. The minimum Gasteiger partial charge on any atom is -0.494 e. The van der Waals surface area contributed by atoms with Crippen LogP contribution in [0, 0.1) is 0 Å². The number of thioether (sulfide) groups is 1. The monoisotopic (exact) mass is 279 g/mol. The van der Waals surface area contributed by atoms with E-state index in [9.17, 15) is 0 Å². The Kier molecular flexibility index (Phi) is 6.05. The molecule has 0 heterocycles. The van der Waals surface area contributed by atoms with Crippen molar-refractivity contribution in [2.24, 2.45) is 0 Å². The maximum absolute atomic E-state index is 5.68. The molecule has 2 atom stereocenters. The third kappa shape index (κ3) is 4.43. The van der Waals surface area contributed by atoms with Crippen LogP contribution in [0.4, 0.5) is 0 Å². The number of benzene rings is 1.